The van der Waals surface area contributed by atoms with E-state index >= 15 is 0 Å². The van der Waals surface area contributed by atoms with Gasteiger partial charge in [0.1, 0.15) is 0 Å². The highest BCUT2D eigenvalue weighted by atomic mass is 28.3. The van der Waals surface area contributed by atoms with Gasteiger partial charge < -0.3 is 14.7 Å². The van der Waals surface area contributed by atoms with E-state index in [0.717, 1.165) is 25.7 Å². The van der Waals surface area contributed by atoms with E-state index in [1.54, 1.807) is 10.8 Å². The average Bonchev–Trinajstić information content (AvgIpc) is 1.88. The largest absolute Gasteiger partial charge is 0.335 e. The molecule has 4 aliphatic heterocycles. The monoisotopic (exact) mass is 1080 g/mol. The number of hydrogen-bond acceptors (Lipinski definition) is 3. The second-order valence-electron chi connectivity index (χ2n) is 30.2. The molecular weight excluding hydrogens is 994 g/mol. The zero-order valence-electron chi connectivity index (χ0n) is 51.3. The van der Waals surface area contributed by atoms with Crippen LogP contribution < -0.4 is 36.3 Å². The lowest BCUT2D eigenvalue weighted by molar-refractivity contribution is 0.215. The van der Waals surface area contributed by atoms with Crippen LogP contribution in [0.25, 0.3) is 11.1 Å². The lowest BCUT2D eigenvalue weighted by atomic mass is 9.33. The van der Waals surface area contributed by atoms with Gasteiger partial charge >= 0.3 is 0 Å². The van der Waals surface area contributed by atoms with Crippen LogP contribution in [0.4, 0.5) is 39.8 Å². The van der Waals surface area contributed by atoms with Gasteiger partial charge in [0.15, 0.2) is 0 Å². The predicted octanol–water partition coefficient (Wildman–Crippen LogP) is 17.4. The molecule has 14 rings (SSSR count). The Labute approximate surface area is 486 Å². The first kappa shape index (κ1) is 52.5. The summed E-state index contributed by atoms with van der Waals surface area (Å²) in [5.41, 5.74) is 26.5. The van der Waals surface area contributed by atoms with Gasteiger partial charge in [0, 0.05) is 50.5 Å². The Morgan fingerprint density at radius 1 is 0.481 bits per heavy atom. The first-order chi connectivity index (χ1) is 38.3. The molecule has 410 valence electrons. The van der Waals surface area contributed by atoms with Gasteiger partial charge in [-0.3, -0.25) is 0 Å². The molecule has 2 aliphatic carbocycles. The fourth-order valence-electron chi connectivity index (χ4n) is 16.9. The van der Waals surface area contributed by atoms with Gasteiger partial charge in [0.2, 0.25) is 0 Å². The Kier molecular flexibility index (Phi) is 11.2. The lowest BCUT2D eigenvalue weighted by Gasteiger charge is -2.55. The standard InChI is InChI=1S/C76H84BN3Si/c1-70(2,3)52-32-35-63(57(42-52)49-26-18-16-19-27-49)78-65-37-34-54(72(7,8)9)44-61(65)77-62-48-56(81(13,14)15)47-60-69(62)80(74(11)39-24-25-40-76(60,74)51-29-20-17-21-30-51)67-46-55(45-66(78)68(67)77)79-64-36-33-53(71(4,5)6)43-59(64)73(10)41-38-50-28-22-23-31-58(50)75(73,79)12/h16-23,26-37,42-48H,24-25,38-41H2,1-15H3. The van der Waals surface area contributed by atoms with E-state index < -0.39 is 13.6 Å². The van der Waals surface area contributed by atoms with Crippen molar-refractivity contribution in [3.05, 3.63) is 208 Å². The second-order valence-corrected chi connectivity index (χ2v) is 35.3. The SMILES string of the molecule is CC(C)(C)c1ccc2c(c1)B1c3cc([Si](C)(C)C)cc4c3N(c3cc(N5c6ccc(C(C)(C)C)cc6C6(C)CCc7ccccc7C56C)cc(c31)N2c1ccc(C(C)(C)C)cc1-c1ccccc1)C1(C)CCCCC41c1ccccc1. The molecule has 0 bridgehead atoms. The third-order valence-electron chi connectivity index (χ3n) is 21.6. The molecule has 81 heavy (non-hydrogen) atoms. The molecule has 0 aromatic heterocycles. The van der Waals surface area contributed by atoms with Gasteiger partial charge in [0.25, 0.3) is 6.71 Å². The third-order valence-corrected chi connectivity index (χ3v) is 23.6. The maximum atomic E-state index is 3.00. The second kappa shape index (κ2) is 17.3. The van der Waals surface area contributed by atoms with Crippen molar-refractivity contribution in [2.75, 3.05) is 14.7 Å². The van der Waals surface area contributed by atoms with Crippen molar-refractivity contribution in [2.24, 2.45) is 0 Å². The van der Waals surface area contributed by atoms with Gasteiger partial charge in [0.05, 0.1) is 24.8 Å². The van der Waals surface area contributed by atoms with E-state index in [1.165, 1.54) is 119 Å². The van der Waals surface area contributed by atoms with Gasteiger partial charge in [-0.05, 0) is 159 Å². The van der Waals surface area contributed by atoms with Crippen LogP contribution in [0, 0.1) is 0 Å². The van der Waals surface area contributed by atoms with E-state index in [-0.39, 0.29) is 39.3 Å². The van der Waals surface area contributed by atoms with E-state index in [2.05, 4.69) is 281 Å². The minimum atomic E-state index is -1.90. The number of anilines is 7. The van der Waals surface area contributed by atoms with Crippen LogP contribution in [0.2, 0.25) is 19.6 Å². The maximum Gasteiger partial charge on any atom is 0.252 e. The summed E-state index contributed by atoms with van der Waals surface area (Å²) >= 11 is 0. The minimum absolute atomic E-state index is 0.000896. The van der Waals surface area contributed by atoms with Crippen LogP contribution in [-0.2, 0) is 39.0 Å². The normalized spacial score (nSPS) is 23.3. The number of hydrogen-bond donors (Lipinski definition) is 0. The zero-order valence-corrected chi connectivity index (χ0v) is 52.3. The van der Waals surface area contributed by atoms with E-state index in [9.17, 15) is 0 Å². The summed E-state index contributed by atoms with van der Waals surface area (Å²) in [5, 5.41) is 1.56. The highest BCUT2D eigenvalue weighted by molar-refractivity contribution is 7.01. The zero-order chi connectivity index (χ0) is 56.8. The minimum Gasteiger partial charge on any atom is -0.335 e. The number of fused-ring (bicyclic) bond motifs is 12. The van der Waals surface area contributed by atoms with E-state index in [1.807, 2.05) is 0 Å². The van der Waals surface area contributed by atoms with Crippen molar-refractivity contribution < 1.29 is 0 Å². The predicted molar refractivity (Wildman–Crippen MR) is 351 cm³/mol. The lowest BCUT2D eigenvalue weighted by Crippen LogP contribution is -2.65. The summed E-state index contributed by atoms with van der Waals surface area (Å²) in [6, 6.07) is 66.2. The molecular formula is C76H84BN3Si. The summed E-state index contributed by atoms with van der Waals surface area (Å²) in [7, 11) is -1.90. The summed E-state index contributed by atoms with van der Waals surface area (Å²) < 4.78 is 0. The van der Waals surface area contributed by atoms with Crippen LogP contribution in [0.5, 0.6) is 0 Å². The highest BCUT2D eigenvalue weighted by Gasteiger charge is 2.65. The molecule has 4 atom stereocenters. The molecule has 4 unspecified atom stereocenters. The van der Waals surface area contributed by atoms with E-state index in [4.69, 9.17) is 0 Å². The van der Waals surface area contributed by atoms with Crippen molar-refractivity contribution in [3.8, 4) is 11.1 Å². The molecule has 0 spiro atoms. The fraction of sp³-hybridized carbons (Fsp3) is 0.368. The molecule has 4 heterocycles. The van der Waals surface area contributed by atoms with Crippen molar-refractivity contribution >= 4 is 76.2 Å². The third kappa shape index (κ3) is 7.18. The molecule has 1 saturated carbocycles. The molecule has 0 amide bonds. The first-order valence-corrected chi connectivity index (χ1v) is 34.2. The summed E-state index contributed by atoms with van der Waals surface area (Å²) in [4.78, 5) is 8.62. The van der Waals surface area contributed by atoms with Gasteiger partial charge in [-0.25, -0.2) is 0 Å². The Hall–Kier alpha value is -6.56. The first-order valence-electron chi connectivity index (χ1n) is 30.7. The number of nitrogens with zero attached hydrogens (tertiary/aromatic N) is 3. The van der Waals surface area contributed by atoms with E-state index in [0.29, 0.717) is 0 Å². The molecule has 0 N–H and O–H groups in total. The highest BCUT2D eigenvalue weighted by Crippen LogP contribution is 2.67. The quantitative estimate of drug-likeness (QED) is 0.159. The van der Waals surface area contributed by atoms with Crippen LogP contribution in [0.15, 0.2) is 164 Å². The van der Waals surface area contributed by atoms with Crippen molar-refractivity contribution in [2.45, 2.75) is 179 Å². The fourth-order valence-corrected chi connectivity index (χ4v) is 18.0. The van der Waals surface area contributed by atoms with Crippen LogP contribution in [-0.4, -0.2) is 20.3 Å². The van der Waals surface area contributed by atoms with Gasteiger partial charge in [-0.2, -0.15) is 0 Å². The Balaban J connectivity index is 1.17. The molecule has 3 nitrogen and oxygen atoms in total. The van der Waals surface area contributed by atoms with Gasteiger partial charge in [-0.15, -0.1) is 0 Å². The molecule has 6 aliphatic rings. The van der Waals surface area contributed by atoms with Crippen LogP contribution in [0.3, 0.4) is 0 Å². The topological polar surface area (TPSA) is 9.72 Å². The Bertz CT molecular complexity index is 3910. The molecule has 1 fully saturated rings. The average molecular weight is 1080 g/mol. The molecule has 8 aromatic carbocycles. The maximum absolute atomic E-state index is 3.00. The number of aryl methyl sites for hydroxylation is 1. The molecule has 0 saturated heterocycles. The van der Waals surface area contributed by atoms with Crippen molar-refractivity contribution in [1.29, 1.82) is 0 Å². The smallest absolute Gasteiger partial charge is 0.252 e. The van der Waals surface area contributed by atoms with Gasteiger partial charge in [-0.1, -0.05) is 234 Å². The summed E-state index contributed by atoms with van der Waals surface area (Å²) in [6.07, 6.45) is 6.78. The van der Waals surface area contributed by atoms with Crippen LogP contribution in [0.1, 0.15) is 160 Å². The number of benzene rings is 8. The van der Waals surface area contributed by atoms with Crippen LogP contribution >= 0.6 is 0 Å². The molecule has 5 heteroatoms. The summed E-state index contributed by atoms with van der Waals surface area (Å²) in [5.74, 6) is 0. The Morgan fingerprint density at radius 3 is 1.75 bits per heavy atom. The number of rotatable bonds is 5. The Morgan fingerprint density at radius 2 is 1.07 bits per heavy atom. The molecule has 8 aromatic rings. The van der Waals surface area contributed by atoms with Crippen molar-refractivity contribution in [1.82, 2.24) is 0 Å². The summed E-state index contributed by atoms with van der Waals surface area (Å²) in [6.45, 7) is 37.1. The molecule has 0 radical (unpaired) electrons. The van der Waals surface area contributed by atoms with Crippen molar-refractivity contribution in [3.63, 3.8) is 0 Å².